The lowest BCUT2D eigenvalue weighted by Crippen LogP contribution is -2.16. The highest BCUT2D eigenvalue weighted by molar-refractivity contribution is 5.77. The second kappa shape index (κ2) is 7.57. The molecule has 0 aliphatic heterocycles. The third-order valence-electron chi connectivity index (χ3n) is 2.49. The molecule has 1 aromatic rings. The Morgan fingerprint density at radius 1 is 1.29 bits per heavy atom. The molecule has 0 heterocycles. The molecule has 1 aromatic carbocycles. The van der Waals surface area contributed by atoms with Gasteiger partial charge in [-0.15, -0.1) is 0 Å². The van der Waals surface area contributed by atoms with Gasteiger partial charge in [0.2, 0.25) is 0 Å². The van der Waals surface area contributed by atoms with Crippen LogP contribution >= 0.6 is 0 Å². The fraction of sp³-hybridized carbons (Fsp3) is 0.385. The van der Waals surface area contributed by atoms with Gasteiger partial charge < -0.3 is 10.4 Å². The van der Waals surface area contributed by atoms with E-state index in [9.17, 15) is 9.59 Å². The second-order valence-corrected chi connectivity index (χ2v) is 3.84. The van der Waals surface area contributed by atoms with E-state index in [1.165, 1.54) is 0 Å². The van der Waals surface area contributed by atoms with Crippen LogP contribution in [0.3, 0.4) is 0 Å². The number of unbranched alkanes of at least 4 members (excludes halogenated alkanes) is 1. The van der Waals surface area contributed by atoms with Crippen LogP contribution in [0.25, 0.3) is 0 Å². The Balaban J connectivity index is 2.22. The molecule has 92 valence electrons. The van der Waals surface area contributed by atoms with Crippen LogP contribution in [0.1, 0.15) is 35.2 Å². The Labute approximate surface area is 101 Å². The first-order chi connectivity index (χ1) is 8.24. The van der Waals surface area contributed by atoms with Gasteiger partial charge in [0.25, 0.3) is 0 Å². The van der Waals surface area contributed by atoms with Crippen LogP contribution in [0.15, 0.2) is 24.3 Å². The first-order valence-corrected chi connectivity index (χ1v) is 5.69. The summed E-state index contributed by atoms with van der Waals surface area (Å²) in [6.07, 6.45) is 2.57. The van der Waals surface area contributed by atoms with Gasteiger partial charge in [-0.2, -0.15) is 0 Å². The molecule has 0 fully saturated rings. The monoisotopic (exact) mass is 235 g/mol. The molecule has 2 N–H and O–H groups in total. The van der Waals surface area contributed by atoms with Crippen molar-refractivity contribution in [2.75, 3.05) is 6.54 Å². The summed E-state index contributed by atoms with van der Waals surface area (Å²) in [5.41, 5.74) is 1.67. The van der Waals surface area contributed by atoms with Gasteiger partial charge in [-0.3, -0.25) is 9.59 Å². The summed E-state index contributed by atoms with van der Waals surface area (Å²) in [6.45, 7) is 1.41. The van der Waals surface area contributed by atoms with E-state index >= 15 is 0 Å². The largest absolute Gasteiger partial charge is 0.481 e. The van der Waals surface area contributed by atoms with E-state index in [4.69, 9.17) is 5.11 Å². The third-order valence-corrected chi connectivity index (χ3v) is 2.49. The molecule has 0 spiro atoms. The molecule has 0 radical (unpaired) electrons. The first kappa shape index (κ1) is 13.4. The summed E-state index contributed by atoms with van der Waals surface area (Å²) in [4.78, 5) is 21.0. The normalized spacial score (nSPS) is 10.1. The van der Waals surface area contributed by atoms with E-state index in [0.717, 1.165) is 24.8 Å². The molecule has 4 heteroatoms. The number of nitrogens with one attached hydrogen (secondary N) is 1. The van der Waals surface area contributed by atoms with Crippen molar-refractivity contribution >= 4 is 12.3 Å². The van der Waals surface area contributed by atoms with E-state index in [2.05, 4.69) is 5.32 Å². The second-order valence-electron chi connectivity index (χ2n) is 3.84. The predicted molar refractivity (Wildman–Crippen MR) is 65.0 cm³/mol. The maximum Gasteiger partial charge on any atom is 0.303 e. The average Bonchev–Trinajstić information content (AvgIpc) is 2.33. The first-order valence-electron chi connectivity index (χ1n) is 5.69. The number of carboxylic acid groups (broad SMARTS) is 1. The highest BCUT2D eigenvalue weighted by Gasteiger charge is 2.00. The zero-order valence-corrected chi connectivity index (χ0v) is 9.69. The molecule has 0 aliphatic rings. The summed E-state index contributed by atoms with van der Waals surface area (Å²) in [5.74, 6) is -0.753. The lowest BCUT2D eigenvalue weighted by Gasteiger charge is -2.06. The Morgan fingerprint density at radius 3 is 2.76 bits per heavy atom. The van der Waals surface area contributed by atoms with E-state index in [1.54, 1.807) is 6.07 Å². The number of hydrogen-bond donors (Lipinski definition) is 2. The smallest absolute Gasteiger partial charge is 0.303 e. The van der Waals surface area contributed by atoms with Gasteiger partial charge in [-0.1, -0.05) is 24.3 Å². The summed E-state index contributed by atoms with van der Waals surface area (Å²) in [7, 11) is 0. The molecule has 0 atom stereocenters. The Kier molecular flexibility index (Phi) is 5.96. The number of benzene rings is 1. The zero-order chi connectivity index (χ0) is 12.5. The van der Waals surface area contributed by atoms with Crippen LogP contribution in [0.4, 0.5) is 0 Å². The van der Waals surface area contributed by atoms with Crippen molar-refractivity contribution in [3.8, 4) is 0 Å². The van der Waals surface area contributed by atoms with E-state index in [-0.39, 0.29) is 6.42 Å². The van der Waals surface area contributed by atoms with Gasteiger partial charge in [0.05, 0.1) is 0 Å². The number of rotatable bonds is 8. The molecule has 0 unspecified atom stereocenters. The molecule has 0 amide bonds. The highest BCUT2D eigenvalue weighted by Crippen LogP contribution is 2.05. The van der Waals surface area contributed by atoms with Crippen LogP contribution in [0.5, 0.6) is 0 Å². The lowest BCUT2D eigenvalue weighted by atomic mass is 10.1. The molecular formula is C13H17NO3. The van der Waals surface area contributed by atoms with Crippen molar-refractivity contribution in [3.05, 3.63) is 35.4 Å². The van der Waals surface area contributed by atoms with E-state index in [0.29, 0.717) is 18.5 Å². The van der Waals surface area contributed by atoms with Crippen molar-refractivity contribution in [2.45, 2.75) is 25.8 Å². The maximum atomic E-state index is 10.7. The van der Waals surface area contributed by atoms with Crippen molar-refractivity contribution in [1.82, 2.24) is 5.32 Å². The van der Waals surface area contributed by atoms with Gasteiger partial charge in [0.1, 0.15) is 6.29 Å². The Bertz CT molecular complexity index is 377. The summed E-state index contributed by atoms with van der Waals surface area (Å²) in [5, 5.41) is 11.7. The number of hydrogen-bond acceptors (Lipinski definition) is 3. The number of carbonyl (C=O) groups is 2. The Morgan fingerprint density at radius 2 is 2.06 bits per heavy atom. The minimum Gasteiger partial charge on any atom is -0.481 e. The number of carboxylic acids is 1. The molecule has 0 aliphatic carbocycles. The molecule has 1 rings (SSSR count). The van der Waals surface area contributed by atoms with Crippen LogP contribution in [-0.4, -0.2) is 23.9 Å². The van der Waals surface area contributed by atoms with E-state index in [1.807, 2.05) is 18.2 Å². The minimum atomic E-state index is -0.753. The van der Waals surface area contributed by atoms with Crippen molar-refractivity contribution in [3.63, 3.8) is 0 Å². The maximum absolute atomic E-state index is 10.7. The van der Waals surface area contributed by atoms with Crippen LogP contribution in [0.2, 0.25) is 0 Å². The minimum absolute atomic E-state index is 0.215. The zero-order valence-electron chi connectivity index (χ0n) is 9.69. The standard InChI is InChI=1S/C13H17NO3/c15-10-12-6-2-1-5-11(12)9-14-8-4-3-7-13(16)17/h1-2,5-6,10,14H,3-4,7-9H2,(H,16,17). The average molecular weight is 235 g/mol. The summed E-state index contributed by atoms with van der Waals surface area (Å²) >= 11 is 0. The van der Waals surface area contributed by atoms with Crippen molar-refractivity contribution in [2.24, 2.45) is 0 Å². The quantitative estimate of drug-likeness (QED) is 0.533. The van der Waals surface area contributed by atoms with Crippen LogP contribution in [0, 0.1) is 0 Å². The SMILES string of the molecule is O=Cc1ccccc1CNCCCCC(=O)O. The van der Waals surface area contributed by atoms with Gasteiger partial charge in [-0.05, 0) is 24.9 Å². The predicted octanol–water partition coefficient (Wildman–Crippen LogP) is 1.84. The van der Waals surface area contributed by atoms with Crippen molar-refractivity contribution in [1.29, 1.82) is 0 Å². The fourth-order valence-electron chi connectivity index (χ4n) is 1.56. The van der Waals surface area contributed by atoms with Gasteiger partial charge >= 0.3 is 5.97 Å². The molecule has 0 saturated heterocycles. The van der Waals surface area contributed by atoms with Crippen LogP contribution < -0.4 is 5.32 Å². The number of carbonyl (C=O) groups excluding carboxylic acids is 1. The van der Waals surface area contributed by atoms with Gasteiger partial charge in [0.15, 0.2) is 0 Å². The Hall–Kier alpha value is -1.68. The molecular weight excluding hydrogens is 218 g/mol. The number of aldehydes is 1. The number of aliphatic carboxylic acids is 1. The molecule has 4 nitrogen and oxygen atoms in total. The van der Waals surface area contributed by atoms with Gasteiger partial charge in [0, 0.05) is 18.5 Å². The summed E-state index contributed by atoms with van der Waals surface area (Å²) in [6, 6.07) is 7.43. The van der Waals surface area contributed by atoms with Crippen LogP contribution in [-0.2, 0) is 11.3 Å². The van der Waals surface area contributed by atoms with E-state index < -0.39 is 5.97 Å². The molecule has 17 heavy (non-hydrogen) atoms. The third kappa shape index (κ3) is 5.26. The lowest BCUT2D eigenvalue weighted by molar-refractivity contribution is -0.137. The van der Waals surface area contributed by atoms with Gasteiger partial charge in [-0.25, -0.2) is 0 Å². The topological polar surface area (TPSA) is 66.4 Å². The fourth-order valence-corrected chi connectivity index (χ4v) is 1.56. The summed E-state index contributed by atoms with van der Waals surface area (Å²) < 4.78 is 0. The van der Waals surface area contributed by atoms with Crippen molar-refractivity contribution < 1.29 is 14.7 Å². The molecule has 0 saturated carbocycles. The molecule has 0 aromatic heterocycles. The highest BCUT2D eigenvalue weighted by atomic mass is 16.4. The molecule has 0 bridgehead atoms.